The topological polar surface area (TPSA) is 58.7 Å². The zero-order valence-corrected chi connectivity index (χ0v) is 17.4. The van der Waals surface area contributed by atoms with Gasteiger partial charge in [-0.1, -0.05) is 31.2 Å². The number of halogens is 3. The number of ether oxygens (including phenoxy) is 1. The van der Waals surface area contributed by atoms with Gasteiger partial charge in [0.25, 0.3) is 0 Å². The average Bonchev–Trinajstić information content (AvgIpc) is 3.12. The molecule has 8 heteroatoms. The summed E-state index contributed by atoms with van der Waals surface area (Å²) >= 11 is 0. The molecule has 31 heavy (non-hydrogen) atoms. The van der Waals surface area contributed by atoms with Crippen LogP contribution in [0, 0.1) is 12.3 Å². The van der Waals surface area contributed by atoms with Crippen molar-refractivity contribution in [3.63, 3.8) is 0 Å². The van der Waals surface area contributed by atoms with Crippen molar-refractivity contribution in [2.75, 3.05) is 20.1 Å². The molecule has 0 radical (unpaired) electrons. The van der Waals surface area contributed by atoms with E-state index in [0.29, 0.717) is 41.4 Å². The van der Waals surface area contributed by atoms with Crippen LogP contribution in [0.3, 0.4) is 0 Å². The van der Waals surface area contributed by atoms with E-state index in [1.54, 1.807) is 13.1 Å². The monoisotopic (exact) mass is 432 g/mol. The van der Waals surface area contributed by atoms with Crippen molar-refractivity contribution in [3.8, 4) is 17.2 Å². The van der Waals surface area contributed by atoms with E-state index < -0.39 is 17.4 Å². The second-order valence-corrected chi connectivity index (χ2v) is 8.37. The van der Waals surface area contributed by atoms with Crippen molar-refractivity contribution >= 4 is 0 Å². The van der Waals surface area contributed by atoms with Gasteiger partial charge in [-0.05, 0) is 49.4 Å². The highest BCUT2D eigenvalue weighted by molar-refractivity contribution is 5.57. The van der Waals surface area contributed by atoms with E-state index >= 15 is 0 Å². The molecule has 1 aliphatic rings. The normalized spacial score (nSPS) is 18.3. The number of hydrogen-bond acceptors (Lipinski definition) is 5. The molecule has 1 N–H and O–H groups in total. The molecular weight excluding hydrogens is 409 g/mol. The molecule has 0 bridgehead atoms. The first-order valence-corrected chi connectivity index (χ1v) is 9.81. The summed E-state index contributed by atoms with van der Waals surface area (Å²) in [7, 11) is 1.95. The first-order chi connectivity index (χ1) is 14.5. The zero-order chi connectivity index (χ0) is 22.4. The molecule has 1 fully saturated rings. The van der Waals surface area contributed by atoms with Gasteiger partial charge in [0.15, 0.2) is 0 Å². The fraction of sp³-hybridized carbons (Fsp3) is 0.348. The van der Waals surface area contributed by atoms with E-state index in [0.717, 1.165) is 0 Å². The Hall–Kier alpha value is -2.84. The Bertz CT molecular complexity index is 1070. The van der Waals surface area contributed by atoms with Crippen LogP contribution in [0.2, 0.25) is 0 Å². The Balaban J connectivity index is 1.78. The van der Waals surface area contributed by atoms with E-state index in [9.17, 15) is 18.3 Å². The summed E-state index contributed by atoms with van der Waals surface area (Å²) in [6.07, 6.45) is -3.15. The largest absolute Gasteiger partial charge is 0.573 e. The van der Waals surface area contributed by atoms with Gasteiger partial charge in [-0.15, -0.1) is 13.2 Å². The minimum Gasteiger partial charge on any atom is -0.441 e. The summed E-state index contributed by atoms with van der Waals surface area (Å²) in [6, 6.07) is 12.7. The van der Waals surface area contributed by atoms with Crippen LogP contribution in [-0.4, -0.2) is 41.5 Å². The summed E-state index contributed by atoms with van der Waals surface area (Å²) in [4.78, 5) is 6.33. The van der Waals surface area contributed by atoms with Crippen LogP contribution in [0.5, 0.6) is 5.75 Å². The summed E-state index contributed by atoms with van der Waals surface area (Å²) < 4.78 is 47.3. The number of rotatable bonds is 5. The molecule has 2 heterocycles. The summed E-state index contributed by atoms with van der Waals surface area (Å²) in [5, 5.41) is 12.1. The number of aromatic nitrogens is 1. The Labute approximate surface area is 178 Å². The minimum atomic E-state index is -4.77. The van der Waals surface area contributed by atoms with Crippen LogP contribution < -0.4 is 4.74 Å². The van der Waals surface area contributed by atoms with Crippen molar-refractivity contribution in [1.82, 2.24) is 9.88 Å². The van der Waals surface area contributed by atoms with Gasteiger partial charge in [-0.3, -0.25) is 0 Å². The summed E-state index contributed by atoms with van der Waals surface area (Å²) in [6.45, 7) is 5.00. The van der Waals surface area contributed by atoms with E-state index in [2.05, 4.69) is 14.6 Å². The third-order valence-corrected chi connectivity index (χ3v) is 5.77. The molecule has 1 aromatic heterocycles. The van der Waals surface area contributed by atoms with Gasteiger partial charge >= 0.3 is 6.36 Å². The summed E-state index contributed by atoms with van der Waals surface area (Å²) in [5.74, 6) is 0.772. The molecule has 1 aliphatic heterocycles. The molecule has 4 rings (SSSR count). The standard InChI is InChI=1S/C23H23F3N2O3/c1-15-12-27-20(30-15)16-5-4-6-18(11-16)22(29,21(2)13-28(3)14-21)17-7-9-19(10-8-17)31-23(24,25)26/h4-12,29H,13-14H2,1-3H3/t22-/m0/s1. The van der Waals surface area contributed by atoms with Crippen LogP contribution in [0.1, 0.15) is 23.8 Å². The second-order valence-electron chi connectivity index (χ2n) is 8.37. The third kappa shape index (κ3) is 3.93. The van der Waals surface area contributed by atoms with Crippen molar-refractivity contribution < 1.29 is 27.4 Å². The van der Waals surface area contributed by atoms with E-state index in [-0.39, 0.29) is 5.75 Å². The number of aryl methyl sites for hydroxylation is 1. The lowest BCUT2D eigenvalue weighted by atomic mass is 9.62. The summed E-state index contributed by atoms with van der Waals surface area (Å²) in [5.41, 5.74) is -0.204. The Morgan fingerprint density at radius 3 is 2.32 bits per heavy atom. The number of hydrogen-bond donors (Lipinski definition) is 1. The van der Waals surface area contributed by atoms with Gasteiger partial charge in [-0.2, -0.15) is 0 Å². The predicted octanol–water partition coefficient (Wildman–Crippen LogP) is 4.74. The number of nitrogens with zero attached hydrogens (tertiary/aromatic N) is 2. The lowest BCUT2D eigenvalue weighted by Crippen LogP contribution is -2.63. The lowest BCUT2D eigenvalue weighted by molar-refractivity contribution is -0.274. The van der Waals surface area contributed by atoms with Gasteiger partial charge in [0.05, 0.1) is 6.20 Å². The molecule has 0 saturated carbocycles. The lowest BCUT2D eigenvalue weighted by Gasteiger charge is -2.56. The highest BCUT2D eigenvalue weighted by atomic mass is 19.4. The molecule has 2 aromatic carbocycles. The predicted molar refractivity (Wildman–Crippen MR) is 108 cm³/mol. The van der Waals surface area contributed by atoms with Crippen LogP contribution in [0.25, 0.3) is 11.5 Å². The molecular formula is C23H23F3N2O3. The highest BCUT2D eigenvalue weighted by Crippen LogP contribution is 2.50. The van der Waals surface area contributed by atoms with E-state index in [1.807, 2.05) is 38.2 Å². The van der Waals surface area contributed by atoms with Crippen LogP contribution >= 0.6 is 0 Å². The minimum absolute atomic E-state index is 0.335. The van der Waals surface area contributed by atoms with Gasteiger partial charge in [0, 0.05) is 24.1 Å². The molecule has 1 atom stereocenters. The molecule has 5 nitrogen and oxygen atoms in total. The first kappa shape index (κ1) is 21.4. The maximum Gasteiger partial charge on any atom is 0.573 e. The van der Waals surface area contributed by atoms with Crippen molar-refractivity contribution in [3.05, 3.63) is 71.6 Å². The molecule has 164 valence electrons. The molecule has 1 saturated heterocycles. The molecule has 0 spiro atoms. The van der Waals surface area contributed by atoms with Crippen LogP contribution in [-0.2, 0) is 5.60 Å². The van der Waals surface area contributed by atoms with E-state index in [4.69, 9.17) is 4.42 Å². The molecule has 0 amide bonds. The number of oxazole rings is 1. The Kier molecular flexibility index (Phi) is 5.10. The number of likely N-dealkylation sites (tertiary alicyclic amines) is 1. The Morgan fingerprint density at radius 2 is 1.77 bits per heavy atom. The highest BCUT2D eigenvalue weighted by Gasteiger charge is 2.55. The fourth-order valence-corrected chi connectivity index (χ4v) is 4.50. The number of benzene rings is 2. The van der Waals surface area contributed by atoms with Crippen LogP contribution in [0.15, 0.2) is 59.1 Å². The average molecular weight is 432 g/mol. The fourth-order valence-electron chi connectivity index (χ4n) is 4.50. The van der Waals surface area contributed by atoms with Gasteiger partial charge < -0.3 is 19.2 Å². The first-order valence-electron chi connectivity index (χ1n) is 9.81. The van der Waals surface area contributed by atoms with Crippen LogP contribution in [0.4, 0.5) is 13.2 Å². The molecule has 3 aromatic rings. The van der Waals surface area contributed by atoms with E-state index in [1.165, 1.54) is 24.3 Å². The second kappa shape index (κ2) is 7.39. The smallest absolute Gasteiger partial charge is 0.441 e. The van der Waals surface area contributed by atoms with Crippen molar-refractivity contribution in [2.24, 2.45) is 5.41 Å². The zero-order valence-electron chi connectivity index (χ0n) is 17.4. The van der Waals surface area contributed by atoms with Crippen molar-refractivity contribution in [1.29, 1.82) is 0 Å². The van der Waals surface area contributed by atoms with Crippen molar-refractivity contribution in [2.45, 2.75) is 25.8 Å². The Morgan fingerprint density at radius 1 is 1.10 bits per heavy atom. The third-order valence-electron chi connectivity index (χ3n) is 5.77. The van der Waals surface area contributed by atoms with Gasteiger partial charge in [-0.25, -0.2) is 4.98 Å². The maximum atomic E-state index is 12.6. The van der Waals surface area contributed by atoms with Gasteiger partial charge in [0.1, 0.15) is 17.1 Å². The maximum absolute atomic E-state index is 12.6. The quantitative estimate of drug-likeness (QED) is 0.631. The molecule has 0 unspecified atom stereocenters. The molecule has 0 aliphatic carbocycles. The number of aliphatic hydroxyl groups is 1. The van der Waals surface area contributed by atoms with Gasteiger partial charge in [0.2, 0.25) is 5.89 Å². The number of alkyl halides is 3. The SMILES string of the molecule is Cc1cnc(-c2cccc([C@@](O)(c3ccc(OC(F)(F)F)cc3)C3(C)CN(C)C3)c2)o1.